The van der Waals surface area contributed by atoms with Crippen LogP contribution in [0.2, 0.25) is 0 Å². The lowest BCUT2D eigenvalue weighted by Crippen LogP contribution is -2.41. The van der Waals surface area contributed by atoms with E-state index < -0.39 is 18.3 Å². The first-order chi connectivity index (χ1) is 8.68. The van der Waals surface area contributed by atoms with Crippen molar-refractivity contribution in [1.82, 2.24) is 0 Å². The van der Waals surface area contributed by atoms with Gasteiger partial charge in [0.15, 0.2) is 0 Å². The summed E-state index contributed by atoms with van der Waals surface area (Å²) in [5.74, 6) is 0. The summed E-state index contributed by atoms with van der Waals surface area (Å²) in [5, 5.41) is 0. The van der Waals surface area contributed by atoms with Crippen LogP contribution in [0.15, 0.2) is 12.1 Å². The van der Waals surface area contributed by atoms with Gasteiger partial charge in [-0.1, -0.05) is 6.07 Å². The van der Waals surface area contributed by atoms with Crippen molar-refractivity contribution < 1.29 is 14.1 Å². The summed E-state index contributed by atoms with van der Waals surface area (Å²) in [6.07, 6.45) is 0.782. The summed E-state index contributed by atoms with van der Waals surface area (Å²) >= 11 is 0. The van der Waals surface area contributed by atoms with Crippen LogP contribution in [0, 0.1) is 6.92 Å². The summed E-state index contributed by atoms with van der Waals surface area (Å²) in [5.41, 5.74) is 7.94. The average Bonchev–Trinajstić information content (AvgIpc) is 2.51. The Bertz CT molecular complexity index is 510. The van der Waals surface area contributed by atoms with Crippen LogP contribution in [0.25, 0.3) is 0 Å². The normalized spacial score (nSPS) is 20.6. The van der Waals surface area contributed by atoms with E-state index >= 15 is 0 Å². The number of nitrogens with two attached hydrogens (primary N) is 1. The highest BCUT2D eigenvalue weighted by Crippen LogP contribution is 2.36. The Morgan fingerprint density at radius 1 is 1.16 bits per heavy atom. The molecular formula is C14H20BNO3. The van der Waals surface area contributed by atoms with E-state index in [1.807, 2.05) is 34.6 Å². The number of aldehydes is 1. The van der Waals surface area contributed by atoms with E-state index in [0.717, 1.165) is 17.3 Å². The topological polar surface area (TPSA) is 61.6 Å². The molecule has 1 aliphatic heterocycles. The summed E-state index contributed by atoms with van der Waals surface area (Å²) in [6.45, 7) is 9.89. The molecular weight excluding hydrogens is 241 g/mol. The third kappa shape index (κ3) is 2.28. The highest BCUT2D eigenvalue weighted by Gasteiger charge is 2.52. The molecule has 102 valence electrons. The second kappa shape index (κ2) is 4.35. The molecule has 0 aliphatic carbocycles. The van der Waals surface area contributed by atoms with Gasteiger partial charge in [0.25, 0.3) is 0 Å². The smallest absolute Gasteiger partial charge is 0.399 e. The molecule has 1 heterocycles. The minimum absolute atomic E-state index is 0.407. The number of anilines is 1. The molecule has 0 bridgehead atoms. The number of hydrogen-bond acceptors (Lipinski definition) is 4. The van der Waals surface area contributed by atoms with Gasteiger partial charge in [-0.25, -0.2) is 0 Å². The van der Waals surface area contributed by atoms with Crippen molar-refractivity contribution >= 4 is 24.6 Å². The number of benzene rings is 1. The lowest BCUT2D eigenvalue weighted by molar-refractivity contribution is 0.00578. The number of hydrogen-bond donors (Lipinski definition) is 1. The standard InChI is InChI=1S/C14H20BNO3/c1-9-11(6-10(8-17)7-12(9)16)15-18-13(2,3)14(4,5)19-15/h6-8H,16H2,1-5H3. The minimum Gasteiger partial charge on any atom is -0.399 e. The van der Waals surface area contributed by atoms with Gasteiger partial charge >= 0.3 is 7.12 Å². The summed E-state index contributed by atoms with van der Waals surface area (Å²) < 4.78 is 12.0. The fraction of sp³-hybridized carbons (Fsp3) is 0.500. The number of nitrogen functional groups attached to an aromatic ring is 1. The maximum atomic E-state index is 11.0. The summed E-state index contributed by atoms with van der Waals surface area (Å²) in [6, 6.07) is 3.44. The zero-order chi connectivity index (χ0) is 14.4. The van der Waals surface area contributed by atoms with Gasteiger partial charge in [-0.15, -0.1) is 0 Å². The first kappa shape index (κ1) is 14.1. The molecule has 5 heteroatoms. The third-order valence-corrected chi connectivity index (χ3v) is 4.15. The Morgan fingerprint density at radius 2 is 1.68 bits per heavy atom. The van der Waals surface area contributed by atoms with E-state index in [0.29, 0.717) is 11.3 Å². The monoisotopic (exact) mass is 261 g/mol. The second-order valence-corrected chi connectivity index (χ2v) is 6.03. The fourth-order valence-corrected chi connectivity index (χ4v) is 2.07. The molecule has 1 saturated heterocycles. The highest BCUT2D eigenvalue weighted by molar-refractivity contribution is 6.63. The van der Waals surface area contributed by atoms with Crippen LogP contribution in [-0.2, 0) is 9.31 Å². The Hall–Kier alpha value is -1.33. The predicted molar refractivity (Wildman–Crippen MR) is 76.7 cm³/mol. The van der Waals surface area contributed by atoms with Gasteiger partial charge in [0.05, 0.1) is 11.2 Å². The number of carbonyl (C=O) groups is 1. The van der Waals surface area contributed by atoms with Crippen molar-refractivity contribution in [3.8, 4) is 0 Å². The highest BCUT2D eigenvalue weighted by atomic mass is 16.7. The van der Waals surface area contributed by atoms with E-state index in [2.05, 4.69) is 0 Å². The molecule has 0 aromatic heterocycles. The van der Waals surface area contributed by atoms with E-state index in [1.165, 1.54) is 0 Å². The molecule has 0 atom stereocenters. The molecule has 0 spiro atoms. The third-order valence-electron chi connectivity index (χ3n) is 4.15. The quantitative estimate of drug-likeness (QED) is 0.500. The van der Waals surface area contributed by atoms with Crippen molar-refractivity contribution in [3.05, 3.63) is 23.3 Å². The second-order valence-electron chi connectivity index (χ2n) is 6.03. The lowest BCUT2D eigenvalue weighted by Gasteiger charge is -2.32. The van der Waals surface area contributed by atoms with Gasteiger partial charge in [-0.2, -0.15) is 0 Å². The van der Waals surface area contributed by atoms with Crippen LogP contribution in [-0.4, -0.2) is 24.6 Å². The lowest BCUT2D eigenvalue weighted by atomic mass is 9.75. The van der Waals surface area contributed by atoms with Crippen molar-refractivity contribution in [3.63, 3.8) is 0 Å². The van der Waals surface area contributed by atoms with E-state index in [9.17, 15) is 4.79 Å². The van der Waals surface area contributed by atoms with Gasteiger partial charge in [0.1, 0.15) is 6.29 Å². The number of carbonyl (C=O) groups excluding carboxylic acids is 1. The molecule has 0 amide bonds. The molecule has 0 radical (unpaired) electrons. The molecule has 1 aliphatic rings. The molecule has 1 aromatic rings. The Kier molecular flexibility index (Phi) is 3.23. The van der Waals surface area contributed by atoms with E-state index in [1.54, 1.807) is 12.1 Å². The number of rotatable bonds is 2. The molecule has 4 nitrogen and oxygen atoms in total. The van der Waals surface area contributed by atoms with Gasteiger partial charge in [0, 0.05) is 11.3 Å². The van der Waals surface area contributed by atoms with Gasteiger partial charge in [-0.3, -0.25) is 4.79 Å². The van der Waals surface area contributed by atoms with Crippen molar-refractivity contribution in [2.75, 3.05) is 5.73 Å². The first-order valence-electron chi connectivity index (χ1n) is 6.39. The van der Waals surface area contributed by atoms with Crippen LogP contribution >= 0.6 is 0 Å². The van der Waals surface area contributed by atoms with Crippen molar-refractivity contribution in [2.45, 2.75) is 45.8 Å². The van der Waals surface area contributed by atoms with E-state index in [-0.39, 0.29) is 0 Å². The molecule has 19 heavy (non-hydrogen) atoms. The predicted octanol–water partition coefficient (Wildman–Crippen LogP) is 1.69. The molecule has 2 rings (SSSR count). The molecule has 0 unspecified atom stereocenters. The largest absolute Gasteiger partial charge is 0.495 e. The SMILES string of the molecule is Cc1c(N)cc(C=O)cc1B1OC(C)(C)C(C)(C)O1. The maximum Gasteiger partial charge on any atom is 0.495 e. The van der Waals surface area contributed by atoms with Crippen LogP contribution < -0.4 is 11.2 Å². The molecule has 0 saturated carbocycles. The zero-order valence-electron chi connectivity index (χ0n) is 12.1. The van der Waals surface area contributed by atoms with Gasteiger partial charge in [-0.05, 0) is 51.7 Å². The summed E-state index contributed by atoms with van der Waals surface area (Å²) in [4.78, 5) is 11.0. The van der Waals surface area contributed by atoms with Gasteiger partial charge < -0.3 is 15.0 Å². The van der Waals surface area contributed by atoms with Crippen molar-refractivity contribution in [1.29, 1.82) is 0 Å². The molecule has 2 N–H and O–H groups in total. The Morgan fingerprint density at radius 3 is 2.16 bits per heavy atom. The Labute approximate surface area is 114 Å². The minimum atomic E-state index is -0.493. The molecule has 1 aromatic carbocycles. The Balaban J connectivity index is 2.44. The summed E-state index contributed by atoms with van der Waals surface area (Å²) in [7, 11) is -0.493. The van der Waals surface area contributed by atoms with Crippen LogP contribution in [0.1, 0.15) is 43.6 Å². The zero-order valence-corrected chi connectivity index (χ0v) is 12.1. The van der Waals surface area contributed by atoms with Crippen molar-refractivity contribution in [2.24, 2.45) is 0 Å². The average molecular weight is 261 g/mol. The van der Waals surface area contributed by atoms with E-state index in [4.69, 9.17) is 15.0 Å². The maximum absolute atomic E-state index is 11.0. The van der Waals surface area contributed by atoms with Crippen LogP contribution in [0.4, 0.5) is 5.69 Å². The van der Waals surface area contributed by atoms with Gasteiger partial charge in [0.2, 0.25) is 0 Å². The van der Waals surface area contributed by atoms with Crippen LogP contribution in [0.5, 0.6) is 0 Å². The fourth-order valence-electron chi connectivity index (χ4n) is 2.07. The first-order valence-corrected chi connectivity index (χ1v) is 6.39. The van der Waals surface area contributed by atoms with Crippen LogP contribution in [0.3, 0.4) is 0 Å². The molecule has 1 fully saturated rings.